The molecule has 0 aromatic heterocycles. The van der Waals surface area contributed by atoms with Gasteiger partial charge in [-0.2, -0.15) is 0 Å². The van der Waals surface area contributed by atoms with Crippen LogP contribution < -0.4 is 21.3 Å². The summed E-state index contributed by atoms with van der Waals surface area (Å²) in [6.45, 7) is 12.9. The summed E-state index contributed by atoms with van der Waals surface area (Å²) in [6, 6.07) is 11.4. The molecule has 1 saturated carbocycles. The van der Waals surface area contributed by atoms with Gasteiger partial charge in [0.25, 0.3) is 0 Å². The first-order valence-corrected chi connectivity index (χ1v) is 10.8. The molecular weight excluding hydrogens is 388 g/mol. The van der Waals surface area contributed by atoms with Crippen molar-refractivity contribution in [3.63, 3.8) is 0 Å². The monoisotopic (exact) mass is 422 g/mol. The number of carbonyl (C=O) groups excluding carboxylic acids is 2. The van der Waals surface area contributed by atoms with Gasteiger partial charge in [-0.05, 0) is 79.8 Å². The minimum Gasteiger partial charge on any atom is -0.338 e. The number of urea groups is 2. The summed E-state index contributed by atoms with van der Waals surface area (Å²) >= 11 is 0. The van der Waals surface area contributed by atoms with Crippen LogP contribution in [0.25, 0.3) is 0 Å². The molecule has 2 atom stereocenters. The maximum atomic E-state index is 12.5. The minimum absolute atomic E-state index is 0.0616. The lowest BCUT2D eigenvalue weighted by Gasteiger charge is -2.52. The number of benzene rings is 2. The standard InChI is InChI=1S/C25H34N4O2/c1-15-9-7-11-20(17(15)3)27-23(30)26-14-19-13-22(25(19,5)6)29-24(31)28-21-12-8-10-16(2)18(21)4/h7-12,19,22H,13-14H2,1-6H3,(H2,26,27,30)(H2,28,29,31)/t19-,22-/m0/s1. The van der Waals surface area contributed by atoms with E-state index in [4.69, 9.17) is 0 Å². The van der Waals surface area contributed by atoms with Gasteiger partial charge in [-0.3, -0.25) is 0 Å². The molecule has 1 aliphatic carbocycles. The smallest absolute Gasteiger partial charge is 0.319 e. The van der Waals surface area contributed by atoms with Crippen LogP contribution in [0, 0.1) is 39.0 Å². The van der Waals surface area contributed by atoms with Crippen molar-refractivity contribution in [2.45, 2.75) is 54.0 Å². The molecule has 0 spiro atoms. The Hall–Kier alpha value is -3.02. The van der Waals surface area contributed by atoms with E-state index in [0.717, 1.165) is 40.0 Å². The first-order valence-electron chi connectivity index (χ1n) is 10.8. The maximum Gasteiger partial charge on any atom is 0.319 e. The Bertz CT molecular complexity index is 983. The third-order valence-electron chi connectivity index (χ3n) is 6.99. The van der Waals surface area contributed by atoms with Gasteiger partial charge >= 0.3 is 12.1 Å². The fourth-order valence-corrected chi connectivity index (χ4v) is 4.08. The zero-order chi connectivity index (χ0) is 22.8. The topological polar surface area (TPSA) is 82.3 Å². The molecule has 0 unspecified atom stereocenters. The van der Waals surface area contributed by atoms with E-state index in [1.807, 2.05) is 64.1 Å². The molecule has 0 radical (unpaired) electrons. The van der Waals surface area contributed by atoms with E-state index in [1.165, 1.54) is 0 Å². The summed E-state index contributed by atoms with van der Waals surface area (Å²) in [4.78, 5) is 24.9. The number of rotatable bonds is 5. The second kappa shape index (κ2) is 9.00. The second-order valence-electron chi connectivity index (χ2n) is 9.24. The molecule has 0 aliphatic heterocycles. The summed E-state index contributed by atoms with van der Waals surface area (Å²) in [7, 11) is 0. The van der Waals surface area contributed by atoms with Gasteiger partial charge in [-0.15, -0.1) is 0 Å². The normalized spacial score (nSPS) is 19.2. The number of anilines is 2. The molecule has 0 saturated heterocycles. The lowest BCUT2D eigenvalue weighted by atomic mass is 9.58. The van der Waals surface area contributed by atoms with Crippen molar-refractivity contribution >= 4 is 23.4 Å². The van der Waals surface area contributed by atoms with Crippen LogP contribution in [0.2, 0.25) is 0 Å². The van der Waals surface area contributed by atoms with Crippen LogP contribution in [0.5, 0.6) is 0 Å². The van der Waals surface area contributed by atoms with Crippen LogP contribution in [-0.4, -0.2) is 24.6 Å². The Labute approximate surface area is 185 Å². The number of amides is 4. The molecule has 0 bridgehead atoms. The fraction of sp³-hybridized carbons (Fsp3) is 0.440. The van der Waals surface area contributed by atoms with E-state index >= 15 is 0 Å². The highest BCUT2D eigenvalue weighted by molar-refractivity contribution is 5.91. The van der Waals surface area contributed by atoms with Gasteiger partial charge < -0.3 is 21.3 Å². The lowest BCUT2D eigenvalue weighted by molar-refractivity contribution is 0.0244. The van der Waals surface area contributed by atoms with Gasteiger partial charge in [0.1, 0.15) is 0 Å². The third kappa shape index (κ3) is 5.01. The van der Waals surface area contributed by atoms with Crippen molar-refractivity contribution in [1.29, 1.82) is 0 Å². The van der Waals surface area contributed by atoms with Crippen molar-refractivity contribution in [3.8, 4) is 0 Å². The molecule has 1 aliphatic rings. The van der Waals surface area contributed by atoms with Crippen LogP contribution in [0.3, 0.4) is 0 Å². The predicted octanol–water partition coefficient (Wildman–Crippen LogP) is 5.28. The molecule has 3 rings (SSSR count). The Morgan fingerprint density at radius 1 is 0.871 bits per heavy atom. The maximum absolute atomic E-state index is 12.5. The van der Waals surface area contributed by atoms with E-state index < -0.39 is 0 Å². The Balaban J connectivity index is 1.48. The van der Waals surface area contributed by atoms with Gasteiger partial charge in [0, 0.05) is 24.0 Å². The van der Waals surface area contributed by atoms with Gasteiger partial charge in [0.05, 0.1) is 0 Å². The summed E-state index contributed by atoms with van der Waals surface area (Å²) in [5, 5.41) is 12.0. The highest BCUT2D eigenvalue weighted by atomic mass is 16.2. The number of hydrogen-bond acceptors (Lipinski definition) is 2. The van der Waals surface area contributed by atoms with Crippen molar-refractivity contribution in [1.82, 2.24) is 10.6 Å². The predicted molar refractivity (Wildman–Crippen MR) is 127 cm³/mol. The summed E-state index contributed by atoms with van der Waals surface area (Å²) in [5.41, 5.74) is 5.98. The SMILES string of the molecule is Cc1cccc(NC(=O)NC[C@@H]2C[C@H](NC(=O)Nc3cccc(C)c3C)C2(C)C)c1C. The van der Waals surface area contributed by atoms with Crippen LogP contribution in [0.1, 0.15) is 42.5 Å². The summed E-state index contributed by atoms with van der Waals surface area (Å²) in [6.07, 6.45) is 0.830. The summed E-state index contributed by atoms with van der Waals surface area (Å²) in [5.74, 6) is 0.294. The highest BCUT2D eigenvalue weighted by Crippen LogP contribution is 2.45. The molecule has 166 valence electrons. The van der Waals surface area contributed by atoms with Gasteiger partial charge in [0.15, 0.2) is 0 Å². The minimum atomic E-state index is -0.200. The summed E-state index contributed by atoms with van der Waals surface area (Å²) < 4.78 is 0. The van der Waals surface area contributed by atoms with E-state index in [9.17, 15) is 9.59 Å². The number of aryl methyl sites for hydroxylation is 2. The second-order valence-corrected chi connectivity index (χ2v) is 9.24. The Morgan fingerprint density at radius 3 is 1.90 bits per heavy atom. The molecule has 0 heterocycles. The van der Waals surface area contributed by atoms with Crippen LogP contribution in [-0.2, 0) is 0 Å². The van der Waals surface area contributed by atoms with Crippen LogP contribution in [0.15, 0.2) is 36.4 Å². The van der Waals surface area contributed by atoms with Crippen LogP contribution >= 0.6 is 0 Å². The van der Waals surface area contributed by atoms with Crippen molar-refractivity contribution in [3.05, 3.63) is 58.7 Å². The molecule has 4 N–H and O–H groups in total. The van der Waals surface area contributed by atoms with Gasteiger partial charge in [-0.1, -0.05) is 38.1 Å². The molecule has 2 aromatic carbocycles. The number of hydrogen-bond donors (Lipinski definition) is 4. The van der Waals surface area contributed by atoms with Crippen molar-refractivity contribution < 1.29 is 9.59 Å². The molecule has 1 fully saturated rings. The van der Waals surface area contributed by atoms with Gasteiger partial charge in [0.2, 0.25) is 0 Å². The number of carbonyl (C=O) groups is 2. The molecule has 31 heavy (non-hydrogen) atoms. The molecular formula is C25H34N4O2. The first-order chi connectivity index (χ1) is 14.6. The average Bonchev–Trinajstić information content (AvgIpc) is 2.71. The fourth-order valence-electron chi connectivity index (χ4n) is 4.08. The van der Waals surface area contributed by atoms with Crippen LogP contribution in [0.4, 0.5) is 21.0 Å². The number of nitrogens with one attached hydrogen (secondary N) is 4. The third-order valence-corrected chi connectivity index (χ3v) is 6.99. The first kappa shape index (κ1) is 22.7. The molecule has 6 heteroatoms. The zero-order valence-electron chi connectivity index (χ0n) is 19.3. The molecule has 6 nitrogen and oxygen atoms in total. The van der Waals surface area contributed by atoms with Crippen molar-refractivity contribution in [2.75, 3.05) is 17.2 Å². The average molecular weight is 423 g/mol. The van der Waals surface area contributed by atoms with Crippen molar-refractivity contribution in [2.24, 2.45) is 11.3 Å². The highest BCUT2D eigenvalue weighted by Gasteiger charge is 2.48. The largest absolute Gasteiger partial charge is 0.338 e. The Morgan fingerprint density at radius 2 is 1.39 bits per heavy atom. The van der Waals surface area contributed by atoms with E-state index in [0.29, 0.717) is 12.5 Å². The lowest BCUT2D eigenvalue weighted by Crippen LogP contribution is -2.61. The van der Waals surface area contributed by atoms with E-state index in [-0.39, 0.29) is 23.5 Å². The quantitative estimate of drug-likeness (QED) is 0.529. The van der Waals surface area contributed by atoms with Gasteiger partial charge in [-0.25, -0.2) is 9.59 Å². The zero-order valence-corrected chi connectivity index (χ0v) is 19.3. The molecule has 2 aromatic rings. The molecule has 4 amide bonds. The van der Waals surface area contributed by atoms with E-state index in [1.54, 1.807) is 0 Å². The van der Waals surface area contributed by atoms with E-state index in [2.05, 4.69) is 35.1 Å². The Kier molecular flexibility index (Phi) is 6.58.